The van der Waals surface area contributed by atoms with E-state index in [2.05, 4.69) is 10.6 Å². The van der Waals surface area contributed by atoms with Crippen molar-refractivity contribution in [2.45, 2.75) is 33.2 Å². The molecule has 0 aromatic heterocycles. The highest BCUT2D eigenvalue weighted by atomic mass is 16.5. The Morgan fingerprint density at radius 2 is 2.05 bits per heavy atom. The van der Waals surface area contributed by atoms with Gasteiger partial charge >= 0.3 is 6.03 Å². The van der Waals surface area contributed by atoms with Crippen molar-refractivity contribution in [2.24, 2.45) is 11.7 Å². The van der Waals surface area contributed by atoms with Gasteiger partial charge in [-0.1, -0.05) is 26.0 Å². The molecule has 0 unspecified atom stereocenters. The normalized spacial score (nSPS) is 11.8. The molecule has 1 aromatic carbocycles. The van der Waals surface area contributed by atoms with Gasteiger partial charge in [-0.15, -0.1) is 0 Å². The van der Waals surface area contributed by atoms with Gasteiger partial charge in [0.1, 0.15) is 11.8 Å². The lowest BCUT2D eigenvalue weighted by Gasteiger charge is -2.20. The average molecular weight is 307 g/mol. The number of hydrogen-bond acceptors (Lipinski definition) is 3. The number of amides is 3. The fraction of sp³-hybridized carbons (Fsp3) is 0.500. The second kappa shape index (κ2) is 8.92. The van der Waals surface area contributed by atoms with E-state index in [-0.39, 0.29) is 11.8 Å². The summed E-state index contributed by atoms with van der Waals surface area (Å²) in [6.45, 7) is 6.70. The fourth-order valence-electron chi connectivity index (χ4n) is 1.98. The van der Waals surface area contributed by atoms with E-state index < -0.39 is 12.1 Å². The number of carbonyl (C=O) groups excluding carboxylic acids is 2. The lowest BCUT2D eigenvalue weighted by Crippen LogP contribution is -2.51. The summed E-state index contributed by atoms with van der Waals surface area (Å²) in [5.41, 5.74) is 6.21. The topological polar surface area (TPSA) is 93.4 Å². The zero-order chi connectivity index (χ0) is 16.5. The first-order valence-corrected chi connectivity index (χ1v) is 7.43. The van der Waals surface area contributed by atoms with Crippen LogP contribution in [0.5, 0.6) is 5.75 Å². The molecular formula is C16H25N3O3. The van der Waals surface area contributed by atoms with Gasteiger partial charge in [0, 0.05) is 6.54 Å². The molecule has 6 nitrogen and oxygen atoms in total. The molecule has 22 heavy (non-hydrogen) atoms. The van der Waals surface area contributed by atoms with E-state index >= 15 is 0 Å². The standard InChI is InChI=1S/C16H25N3O3/c1-11(2)14(19-16(17)21)15(20)18-8-5-9-22-13-7-4-6-12(3)10-13/h4,6-7,10-11,14H,5,8-9H2,1-3H3,(H,18,20)(H3,17,19,21)/t14-/m1/s1. The van der Waals surface area contributed by atoms with Gasteiger partial charge in [-0.05, 0) is 37.0 Å². The number of benzene rings is 1. The lowest BCUT2D eigenvalue weighted by atomic mass is 10.0. The van der Waals surface area contributed by atoms with Gasteiger partial charge in [0.2, 0.25) is 5.91 Å². The third-order valence-corrected chi connectivity index (χ3v) is 3.13. The second-order valence-electron chi connectivity index (χ2n) is 5.54. The van der Waals surface area contributed by atoms with Crippen molar-refractivity contribution in [3.63, 3.8) is 0 Å². The summed E-state index contributed by atoms with van der Waals surface area (Å²) in [5.74, 6) is 0.558. The third-order valence-electron chi connectivity index (χ3n) is 3.13. The number of rotatable bonds is 8. The third kappa shape index (κ3) is 6.47. The van der Waals surface area contributed by atoms with E-state index in [0.717, 1.165) is 11.3 Å². The highest BCUT2D eigenvalue weighted by molar-refractivity contribution is 5.86. The van der Waals surface area contributed by atoms with E-state index in [1.807, 2.05) is 45.0 Å². The van der Waals surface area contributed by atoms with E-state index in [1.165, 1.54) is 0 Å². The second-order valence-corrected chi connectivity index (χ2v) is 5.54. The molecule has 0 aliphatic rings. The predicted molar refractivity (Wildman–Crippen MR) is 85.6 cm³/mol. The van der Waals surface area contributed by atoms with Gasteiger partial charge in [0.05, 0.1) is 6.61 Å². The van der Waals surface area contributed by atoms with Crippen molar-refractivity contribution in [3.8, 4) is 5.75 Å². The number of primary amides is 1. The van der Waals surface area contributed by atoms with Gasteiger partial charge in [0.25, 0.3) is 0 Å². The molecule has 6 heteroatoms. The minimum absolute atomic E-state index is 0.0314. The number of nitrogens with two attached hydrogens (primary N) is 1. The Hall–Kier alpha value is -2.24. The molecule has 0 saturated carbocycles. The molecule has 0 heterocycles. The Balaban J connectivity index is 2.28. The number of nitrogens with one attached hydrogen (secondary N) is 2. The van der Waals surface area contributed by atoms with Crippen LogP contribution in [0, 0.1) is 12.8 Å². The van der Waals surface area contributed by atoms with Crippen LogP contribution in [0.4, 0.5) is 4.79 Å². The maximum atomic E-state index is 12.0. The molecule has 1 atom stereocenters. The summed E-state index contributed by atoms with van der Waals surface area (Å²) >= 11 is 0. The van der Waals surface area contributed by atoms with Crippen LogP contribution in [0.2, 0.25) is 0 Å². The maximum Gasteiger partial charge on any atom is 0.312 e. The highest BCUT2D eigenvalue weighted by Crippen LogP contribution is 2.12. The molecule has 0 bridgehead atoms. The van der Waals surface area contributed by atoms with Gasteiger partial charge in [-0.25, -0.2) is 4.79 Å². The molecule has 0 aliphatic carbocycles. The molecule has 0 fully saturated rings. The first-order chi connectivity index (χ1) is 10.4. The molecule has 4 N–H and O–H groups in total. The minimum Gasteiger partial charge on any atom is -0.494 e. The molecule has 0 saturated heterocycles. The molecule has 3 amide bonds. The van der Waals surface area contributed by atoms with Crippen molar-refractivity contribution in [1.29, 1.82) is 0 Å². The van der Waals surface area contributed by atoms with Crippen molar-refractivity contribution in [1.82, 2.24) is 10.6 Å². The molecule has 0 radical (unpaired) electrons. The summed E-state index contributed by atoms with van der Waals surface area (Å²) < 4.78 is 5.60. The largest absolute Gasteiger partial charge is 0.494 e. The van der Waals surface area contributed by atoms with Gasteiger partial charge < -0.3 is 21.1 Å². The Kier molecular flexibility index (Phi) is 7.22. The van der Waals surface area contributed by atoms with Crippen LogP contribution in [-0.4, -0.2) is 31.1 Å². The molecule has 122 valence electrons. The van der Waals surface area contributed by atoms with Gasteiger partial charge in [-0.3, -0.25) is 4.79 Å². The maximum absolute atomic E-state index is 12.0. The van der Waals surface area contributed by atoms with Crippen molar-refractivity contribution >= 4 is 11.9 Å². The molecule has 0 spiro atoms. The van der Waals surface area contributed by atoms with Gasteiger partial charge in [0.15, 0.2) is 0 Å². The van der Waals surface area contributed by atoms with E-state index in [4.69, 9.17) is 10.5 Å². The summed E-state index contributed by atoms with van der Waals surface area (Å²) in [7, 11) is 0. The number of urea groups is 1. The first kappa shape index (κ1) is 17.8. The number of aryl methyl sites for hydroxylation is 1. The van der Waals surface area contributed by atoms with Crippen molar-refractivity contribution < 1.29 is 14.3 Å². The Bertz CT molecular complexity index is 503. The zero-order valence-electron chi connectivity index (χ0n) is 13.4. The number of hydrogen-bond donors (Lipinski definition) is 3. The Labute approximate surface area is 131 Å². The Morgan fingerprint density at radius 1 is 1.32 bits per heavy atom. The van der Waals surface area contributed by atoms with E-state index in [9.17, 15) is 9.59 Å². The highest BCUT2D eigenvalue weighted by Gasteiger charge is 2.22. The van der Waals surface area contributed by atoms with Crippen LogP contribution in [0.3, 0.4) is 0 Å². The van der Waals surface area contributed by atoms with Crippen LogP contribution in [-0.2, 0) is 4.79 Å². The molecule has 1 aromatic rings. The molecule has 0 aliphatic heterocycles. The van der Waals surface area contributed by atoms with Crippen LogP contribution in [0.15, 0.2) is 24.3 Å². The lowest BCUT2D eigenvalue weighted by molar-refractivity contribution is -0.123. The summed E-state index contributed by atoms with van der Waals surface area (Å²) in [4.78, 5) is 22.9. The summed E-state index contributed by atoms with van der Waals surface area (Å²) in [6.07, 6.45) is 0.682. The van der Waals surface area contributed by atoms with E-state index in [1.54, 1.807) is 0 Å². The van der Waals surface area contributed by atoms with Crippen molar-refractivity contribution in [2.75, 3.05) is 13.2 Å². The van der Waals surface area contributed by atoms with Gasteiger partial charge in [-0.2, -0.15) is 0 Å². The monoisotopic (exact) mass is 307 g/mol. The minimum atomic E-state index is -0.698. The molecular weight excluding hydrogens is 282 g/mol. The summed E-state index contributed by atoms with van der Waals surface area (Å²) in [5, 5.41) is 5.23. The molecule has 1 rings (SSSR count). The summed E-state index contributed by atoms with van der Waals surface area (Å²) in [6, 6.07) is 6.49. The zero-order valence-corrected chi connectivity index (χ0v) is 13.4. The predicted octanol–water partition coefficient (Wildman–Crippen LogP) is 1.57. The van der Waals surface area contributed by atoms with Crippen molar-refractivity contribution in [3.05, 3.63) is 29.8 Å². The SMILES string of the molecule is Cc1cccc(OCCCNC(=O)[C@H](NC(N)=O)C(C)C)c1. The smallest absolute Gasteiger partial charge is 0.312 e. The first-order valence-electron chi connectivity index (χ1n) is 7.43. The quantitative estimate of drug-likeness (QED) is 0.636. The average Bonchev–Trinajstić information content (AvgIpc) is 2.43. The van der Waals surface area contributed by atoms with Crippen LogP contribution < -0.4 is 21.1 Å². The number of ether oxygens (including phenoxy) is 1. The van der Waals surface area contributed by atoms with Crippen LogP contribution >= 0.6 is 0 Å². The Morgan fingerprint density at radius 3 is 2.64 bits per heavy atom. The van der Waals surface area contributed by atoms with E-state index in [0.29, 0.717) is 19.6 Å². The van der Waals surface area contributed by atoms with Crippen LogP contribution in [0.1, 0.15) is 25.8 Å². The number of carbonyl (C=O) groups is 2. The fourth-order valence-corrected chi connectivity index (χ4v) is 1.98. The van der Waals surface area contributed by atoms with Crippen LogP contribution in [0.25, 0.3) is 0 Å².